The Hall–Kier alpha value is -3.82. The molecule has 0 amide bonds. The molecule has 0 aliphatic rings. The highest BCUT2D eigenvalue weighted by Gasteiger charge is 2.30. The monoisotopic (exact) mass is 403 g/mol. The lowest BCUT2D eigenvalue weighted by atomic mass is 10.1. The van der Waals surface area contributed by atoms with Gasteiger partial charge in [0.05, 0.1) is 0 Å². The van der Waals surface area contributed by atoms with E-state index >= 15 is 0 Å². The molecule has 4 N–H and O–H groups in total. The highest BCUT2D eigenvalue weighted by atomic mass is 19.4. The molecule has 1 heterocycles. The van der Waals surface area contributed by atoms with Gasteiger partial charge in [-0.3, -0.25) is 4.79 Å². The summed E-state index contributed by atoms with van der Waals surface area (Å²) in [6.07, 6.45) is -3.47. The van der Waals surface area contributed by atoms with E-state index in [4.69, 9.17) is 5.73 Å². The molecule has 0 fully saturated rings. The number of carbonyl (C=O) groups excluding carboxylic acids is 1. The van der Waals surface area contributed by atoms with E-state index in [1.807, 2.05) is 0 Å². The number of nitrogens with two attached hydrogens (primary N) is 1. The number of benzene rings is 2. The van der Waals surface area contributed by atoms with Crippen LogP contribution in [0.2, 0.25) is 0 Å². The second kappa shape index (κ2) is 8.05. The van der Waals surface area contributed by atoms with Gasteiger partial charge in [-0.05, 0) is 55.5 Å². The molecule has 10 heteroatoms. The number of hydrogen-bond donors (Lipinski definition) is 3. The van der Waals surface area contributed by atoms with Crippen LogP contribution in [0.15, 0.2) is 54.9 Å². The summed E-state index contributed by atoms with van der Waals surface area (Å²) in [5.41, 5.74) is 8.00. The van der Waals surface area contributed by atoms with E-state index in [2.05, 4.69) is 25.3 Å². The number of nitrogens with zero attached hydrogens (tertiary/aromatic N) is 2. The summed E-state index contributed by atoms with van der Waals surface area (Å²) in [5.74, 6) is 0.216. The van der Waals surface area contributed by atoms with Crippen molar-refractivity contribution in [2.45, 2.75) is 13.3 Å². The number of nitrogen functional groups attached to an aromatic ring is 1. The maximum atomic E-state index is 12.2. The SMILES string of the molecule is CC(=O)c1ccc(Nc2ncnc(Nc3ccc(OC(F)(F)F)cc3)c2N)cc1. The number of nitrogens with one attached hydrogen (secondary N) is 2. The molecule has 150 valence electrons. The van der Waals surface area contributed by atoms with Gasteiger partial charge in [0.15, 0.2) is 17.4 Å². The highest BCUT2D eigenvalue weighted by molar-refractivity contribution is 5.94. The van der Waals surface area contributed by atoms with Crippen molar-refractivity contribution in [2.24, 2.45) is 0 Å². The van der Waals surface area contributed by atoms with Crippen LogP contribution in [0.3, 0.4) is 0 Å². The molecule has 1 aromatic heterocycles. The Bertz CT molecular complexity index is 1010. The molecule has 0 saturated heterocycles. The number of rotatable bonds is 6. The molecule has 3 rings (SSSR count). The second-order valence-corrected chi connectivity index (χ2v) is 5.94. The van der Waals surface area contributed by atoms with Gasteiger partial charge in [0.25, 0.3) is 0 Å². The van der Waals surface area contributed by atoms with Crippen LogP contribution in [0.4, 0.5) is 41.9 Å². The number of hydrogen-bond acceptors (Lipinski definition) is 7. The number of aromatic nitrogens is 2. The van der Waals surface area contributed by atoms with E-state index in [0.29, 0.717) is 22.8 Å². The second-order valence-electron chi connectivity index (χ2n) is 5.94. The van der Waals surface area contributed by atoms with Crippen molar-refractivity contribution in [3.63, 3.8) is 0 Å². The third kappa shape index (κ3) is 5.34. The highest BCUT2D eigenvalue weighted by Crippen LogP contribution is 2.29. The van der Waals surface area contributed by atoms with Gasteiger partial charge in [-0.25, -0.2) is 9.97 Å². The Labute approximate surface area is 163 Å². The van der Waals surface area contributed by atoms with Crippen LogP contribution in [-0.2, 0) is 0 Å². The summed E-state index contributed by atoms with van der Waals surface area (Å²) in [7, 11) is 0. The molecule has 0 saturated carbocycles. The molecular weight excluding hydrogens is 387 g/mol. The number of alkyl halides is 3. The zero-order valence-corrected chi connectivity index (χ0v) is 15.1. The van der Waals surface area contributed by atoms with Gasteiger partial charge in [0.1, 0.15) is 17.8 Å². The van der Waals surface area contributed by atoms with Gasteiger partial charge in [0, 0.05) is 16.9 Å². The molecule has 0 radical (unpaired) electrons. The minimum Gasteiger partial charge on any atom is -0.406 e. The van der Waals surface area contributed by atoms with Crippen molar-refractivity contribution >= 4 is 34.5 Å². The van der Waals surface area contributed by atoms with Crippen molar-refractivity contribution < 1.29 is 22.7 Å². The Morgan fingerprint density at radius 1 is 0.931 bits per heavy atom. The minimum absolute atomic E-state index is 0.0451. The lowest BCUT2D eigenvalue weighted by Crippen LogP contribution is -2.17. The van der Waals surface area contributed by atoms with E-state index in [1.54, 1.807) is 24.3 Å². The fourth-order valence-corrected chi connectivity index (χ4v) is 2.40. The maximum Gasteiger partial charge on any atom is 0.573 e. The molecule has 7 nitrogen and oxygen atoms in total. The van der Waals surface area contributed by atoms with Crippen molar-refractivity contribution in [1.82, 2.24) is 9.97 Å². The van der Waals surface area contributed by atoms with E-state index in [0.717, 1.165) is 0 Å². The number of carbonyl (C=O) groups is 1. The maximum absolute atomic E-state index is 12.2. The van der Waals surface area contributed by atoms with Gasteiger partial charge in [-0.15, -0.1) is 13.2 Å². The first kappa shape index (κ1) is 19.9. The van der Waals surface area contributed by atoms with Gasteiger partial charge in [-0.1, -0.05) is 0 Å². The predicted molar refractivity (Wildman–Crippen MR) is 103 cm³/mol. The van der Waals surface area contributed by atoms with Gasteiger partial charge in [0.2, 0.25) is 0 Å². The summed E-state index contributed by atoms with van der Waals surface area (Å²) in [4.78, 5) is 19.5. The first-order valence-electron chi connectivity index (χ1n) is 8.32. The third-order valence-electron chi connectivity index (χ3n) is 3.79. The summed E-state index contributed by atoms with van der Waals surface area (Å²) in [6, 6.07) is 11.9. The van der Waals surface area contributed by atoms with Gasteiger partial charge < -0.3 is 21.1 Å². The van der Waals surface area contributed by atoms with E-state index < -0.39 is 6.36 Å². The van der Waals surface area contributed by atoms with Crippen LogP contribution < -0.4 is 21.1 Å². The molecule has 0 aliphatic heterocycles. The van der Waals surface area contributed by atoms with Crippen LogP contribution in [0.5, 0.6) is 5.75 Å². The lowest BCUT2D eigenvalue weighted by molar-refractivity contribution is -0.274. The summed E-state index contributed by atoms with van der Waals surface area (Å²) < 4.78 is 40.5. The topological polar surface area (TPSA) is 102 Å². The Morgan fingerprint density at radius 2 is 1.41 bits per heavy atom. The number of Topliss-reactive ketones (excluding diaryl/α,β-unsaturated/α-hetero) is 1. The number of anilines is 5. The first-order chi connectivity index (χ1) is 13.7. The Balaban J connectivity index is 1.74. The zero-order chi connectivity index (χ0) is 21.0. The van der Waals surface area contributed by atoms with Crippen LogP contribution >= 0.6 is 0 Å². The van der Waals surface area contributed by atoms with Crippen LogP contribution in [-0.4, -0.2) is 22.1 Å². The molecule has 0 aliphatic carbocycles. The molecule has 0 bridgehead atoms. The molecule has 0 spiro atoms. The quantitative estimate of drug-likeness (QED) is 0.515. The van der Waals surface area contributed by atoms with Crippen molar-refractivity contribution in [1.29, 1.82) is 0 Å². The van der Waals surface area contributed by atoms with Crippen LogP contribution in [0.1, 0.15) is 17.3 Å². The van der Waals surface area contributed by atoms with E-state index in [1.165, 1.54) is 37.5 Å². The average Bonchev–Trinajstić information content (AvgIpc) is 2.66. The Kier molecular flexibility index (Phi) is 5.53. The molecule has 3 aromatic rings. The van der Waals surface area contributed by atoms with Crippen molar-refractivity contribution in [2.75, 3.05) is 16.4 Å². The fourth-order valence-electron chi connectivity index (χ4n) is 2.40. The summed E-state index contributed by atoms with van der Waals surface area (Å²) in [6.45, 7) is 1.48. The zero-order valence-electron chi connectivity index (χ0n) is 15.1. The van der Waals surface area contributed by atoms with Crippen LogP contribution in [0.25, 0.3) is 0 Å². The van der Waals surface area contributed by atoms with E-state index in [-0.39, 0.29) is 23.0 Å². The van der Waals surface area contributed by atoms with Gasteiger partial charge >= 0.3 is 6.36 Å². The normalized spacial score (nSPS) is 11.0. The predicted octanol–water partition coefficient (Wildman–Crippen LogP) is 4.65. The van der Waals surface area contributed by atoms with Crippen molar-refractivity contribution in [3.05, 3.63) is 60.4 Å². The lowest BCUT2D eigenvalue weighted by Gasteiger charge is -2.13. The number of halogens is 3. The average molecular weight is 403 g/mol. The first-order valence-corrected chi connectivity index (χ1v) is 8.32. The largest absolute Gasteiger partial charge is 0.573 e. The molecule has 29 heavy (non-hydrogen) atoms. The summed E-state index contributed by atoms with van der Waals surface area (Å²) >= 11 is 0. The fraction of sp³-hybridized carbons (Fsp3) is 0.105. The van der Waals surface area contributed by atoms with Gasteiger partial charge in [-0.2, -0.15) is 0 Å². The molecule has 2 aromatic carbocycles. The Morgan fingerprint density at radius 3 is 1.86 bits per heavy atom. The standard InChI is InChI=1S/C19H16F3N5O2/c1-11(28)12-2-4-13(5-3-12)26-17-16(23)18(25-10-24-17)27-14-6-8-15(9-7-14)29-19(20,21)22/h2-10H,23H2,1H3,(H2,24,25,26,27). The molecule has 0 unspecified atom stereocenters. The number of ketones is 1. The molecular formula is C19H16F3N5O2. The van der Waals surface area contributed by atoms with Crippen LogP contribution in [0, 0.1) is 0 Å². The minimum atomic E-state index is -4.75. The summed E-state index contributed by atoms with van der Waals surface area (Å²) in [5, 5.41) is 5.94. The third-order valence-corrected chi connectivity index (χ3v) is 3.79. The number of ether oxygens (including phenoxy) is 1. The molecule has 0 atom stereocenters. The van der Waals surface area contributed by atoms with Crippen molar-refractivity contribution in [3.8, 4) is 5.75 Å². The van der Waals surface area contributed by atoms with E-state index in [9.17, 15) is 18.0 Å². The smallest absolute Gasteiger partial charge is 0.406 e.